The van der Waals surface area contributed by atoms with Gasteiger partial charge in [0, 0.05) is 32.0 Å². The van der Waals surface area contributed by atoms with Gasteiger partial charge in [-0.3, -0.25) is 4.79 Å². The monoisotopic (exact) mass is 296 g/mol. The van der Waals surface area contributed by atoms with E-state index in [9.17, 15) is 9.59 Å². The summed E-state index contributed by atoms with van der Waals surface area (Å²) in [7, 11) is 0. The molecule has 5 heteroatoms. The number of carbonyl (C=O) groups is 2. The lowest BCUT2D eigenvalue weighted by Gasteiger charge is -2.19. The molecule has 1 fully saturated rings. The van der Waals surface area contributed by atoms with E-state index in [2.05, 4.69) is 11.9 Å². The highest BCUT2D eigenvalue weighted by atomic mass is 16.6. The first-order valence-electron chi connectivity index (χ1n) is 7.69. The Morgan fingerprint density at radius 3 is 2.71 bits per heavy atom. The van der Waals surface area contributed by atoms with Crippen molar-refractivity contribution in [2.75, 3.05) is 19.6 Å². The van der Waals surface area contributed by atoms with Gasteiger partial charge in [0.05, 0.1) is 0 Å². The molecule has 1 heterocycles. The highest BCUT2D eigenvalue weighted by Crippen LogP contribution is 2.18. The van der Waals surface area contributed by atoms with E-state index in [1.165, 1.54) is 0 Å². The van der Waals surface area contributed by atoms with E-state index in [1.807, 2.05) is 31.7 Å². The number of alkyl carbamates (subject to hydrolysis) is 1. The van der Waals surface area contributed by atoms with Crippen molar-refractivity contribution in [1.29, 1.82) is 0 Å². The Kier molecular flexibility index (Phi) is 6.72. The molecule has 21 heavy (non-hydrogen) atoms. The quantitative estimate of drug-likeness (QED) is 0.580. The Hall–Kier alpha value is -1.52. The lowest BCUT2D eigenvalue weighted by Crippen LogP contribution is -2.33. The predicted molar refractivity (Wildman–Crippen MR) is 83.0 cm³/mol. The zero-order chi connectivity index (χ0) is 15.9. The molecule has 2 amide bonds. The SMILES string of the molecule is C=CC1CC(=O)N(CCCCCNC(=O)OC(C)(C)C)C1. The molecule has 1 aliphatic rings. The Morgan fingerprint density at radius 2 is 2.14 bits per heavy atom. The molecule has 1 rings (SSSR count). The van der Waals surface area contributed by atoms with Crippen LogP contribution in [0.15, 0.2) is 12.7 Å². The van der Waals surface area contributed by atoms with Crippen molar-refractivity contribution in [2.24, 2.45) is 5.92 Å². The average molecular weight is 296 g/mol. The third-order valence-electron chi connectivity index (χ3n) is 3.35. The summed E-state index contributed by atoms with van der Waals surface area (Å²) in [5.74, 6) is 0.540. The van der Waals surface area contributed by atoms with Gasteiger partial charge < -0.3 is 15.0 Å². The second kappa shape index (κ2) is 8.05. The summed E-state index contributed by atoms with van der Waals surface area (Å²) in [6.45, 7) is 11.5. The molecule has 1 atom stereocenters. The second-order valence-corrected chi connectivity index (χ2v) is 6.53. The maximum atomic E-state index is 11.7. The van der Waals surface area contributed by atoms with Gasteiger partial charge in [0.25, 0.3) is 0 Å². The fourth-order valence-corrected chi connectivity index (χ4v) is 2.29. The van der Waals surface area contributed by atoms with Crippen LogP contribution in [-0.2, 0) is 9.53 Å². The summed E-state index contributed by atoms with van der Waals surface area (Å²) in [5, 5.41) is 2.74. The Bertz CT molecular complexity index is 374. The molecule has 0 radical (unpaired) electrons. The van der Waals surface area contributed by atoms with Gasteiger partial charge in [-0.05, 0) is 40.0 Å². The molecule has 0 aromatic heterocycles. The maximum absolute atomic E-state index is 11.7. The van der Waals surface area contributed by atoms with Crippen LogP contribution in [0, 0.1) is 5.92 Å². The summed E-state index contributed by atoms with van der Waals surface area (Å²) < 4.78 is 5.15. The van der Waals surface area contributed by atoms with Gasteiger partial charge in [-0.25, -0.2) is 4.79 Å². The molecule has 1 aliphatic heterocycles. The summed E-state index contributed by atoms with van der Waals surface area (Å²) >= 11 is 0. The Labute approximate surface area is 127 Å². The van der Waals surface area contributed by atoms with Crippen LogP contribution >= 0.6 is 0 Å². The first-order valence-corrected chi connectivity index (χ1v) is 7.69. The van der Waals surface area contributed by atoms with Crippen LogP contribution < -0.4 is 5.32 Å². The maximum Gasteiger partial charge on any atom is 0.407 e. The molecule has 1 unspecified atom stereocenters. The third kappa shape index (κ3) is 7.16. The molecular formula is C16H28N2O3. The number of nitrogens with one attached hydrogen (secondary N) is 1. The predicted octanol–water partition coefficient (Wildman–Crippen LogP) is 2.72. The Morgan fingerprint density at radius 1 is 1.43 bits per heavy atom. The molecule has 5 nitrogen and oxygen atoms in total. The first kappa shape index (κ1) is 17.5. The molecule has 0 aliphatic carbocycles. The number of hydrogen-bond donors (Lipinski definition) is 1. The lowest BCUT2D eigenvalue weighted by atomic mass is 10.1. The normalized spacial score (nSPS) is 18.7. The van der Waals surface area contributed by atoms with E-state index in [4.69, 9.17) is 4.74 Å². The summed E-state index contributed by atoms with van der Waals surface area (Å²) in [6, 6.07) is 0. The van der Waals surface area contributed by atoms with Crippen LogP contribution in [0.4, 0.5) is 4.79 Å². The van der Waals surface area contributed by atoms with Gasteiger partial charge in [-0.2, -0.15) is 0 Å². The third-order valence-corrected chi connectivity index (χ3v) is 3.35. The van der Waals surface area contributed by atoms with Crippen LogP contribution in [0.3, 0.4) is 0 Å². The first-order chi connectivity index (χ1) is 9.81. The topological polar surface area (TPSA) is 58.6 Å². The molecule has 0 spiro atoms. The highest BCUT2D eigenvalue weighted by Gasteiger charge is 2.26. The van der Waals surface area contributed by atoms with Crippen LogP contribution in [0.1, 0.15) is 46.5 Å². The number of amides is 2. The highest BCUT2D eigenvalue weighted by molar-refractivity contribution is 5.78. The van der Waals surface area contributed by atoms with Crippen molar-refractivity contribution in [3.05, 3.63) is 12.7 Å². The average Bonchev–Trinajstić information content (AvgIpc) is 2.72. The van der Waals surface area contributed by atoms with Crippen molar-refractivity contribution in [1.82, 2.24) is 10.2 Å². The van der Waals surface area contributed by atoms with E-state index in [-0.39, 0.29) is 12.0 Å². The van der Waals surface area contributed by atoms with E-state index in [1.54, 1.807) is 0 Å². The van der Waals surface area contributed by atoms with E-state index in [0.29, 0.717) is 18.9 Å². The van der Waals surface area contributed by atoms with Gasteiger partial charge in [-0.15, -0.1) is 6.58 Å². The molecule has 0 aromatic carbocycles. The van der Waals surface area contributed by atoms with E-state index in [0.717, 1.165) is 32.4 Å². The zero-order valence-corrected chi connectivity index (χ0v) is 13.5. The number of likely N-dealkylation sites (tertiary alicyclic amines) is 1. The number of unbranched alkanes of at least 4 members (excludes halogenated alkanes) is 2. The number of ether oxygens (including phenoxy) is 1. The molecule has 1 saturated heterocycles. The van der Waals surface area contributed by atoms with Crippen molar-refractivity contribution in [3.8, 4) is 0 Å². The number of nitrogens with zero attached hydrogens (tertiary/aromatic N) is 1. The number of rotatable bonds is 7. The van der Waals surface area contributed by atoms with Crippen molar-refractivity contribution < 1.29 is 14.3 Å². The van der Waals surface area contributed by atoms with Crippen LogP contribution in [0.2, 0.25) is 0 Å². The fourth-order valence-electron chi connectivity index (χ4n) is 2.29. The molecule has 120 valence electrons. The minimum atomic E-state index is -0.456. The van der Waals surface area contributed by atoms with Crippen molar-refractivity contribution >= 4 is 12.0 Å². The van der Waals surface area contributed by atoms with Crippen molar-refractivity contribution in [2.45, 2.75) is 52.1 Å². The smallest absolute Gasteiger partial charge is 0.407 e. The molecule has 0 saturated carbocycles. The molecular weight excluding hydrogens is 268 g/mol. The summed E-state index contributed by atoms with van der Waals surface area (Å²) in [4.78, 5) is 25.0. The van der Waals surface area contributed by atoms with Gasteiger partial charge in [-0.1, -0.05) is 6.08 Å². The van der Waals surface area contributed by atoms with Gasteiger partial charge in [0.2, 0.25) is 5.91 Å². The molecule has 0 bridgehead atoms. The van der Waals surface area contributed by atoms with E-state index >= 15 is 0 Å². The summed E-state index contributed by atoms with van der Waals surface area (Å²) in [6.07, 6.45) is 4.94. The minimum absolute atomic E-state index is 0.228. The Balaban J connectivity index is 2.04. The molecule has 1 N–H and O–H groups in total. The molecule has 0 aromatic rings. The second-order valence-electron chi connectivity index (χ2n) is 6.53. The standard InChI is InChI=1S/C16H28N2O3/c1-5-13-11-14(19)18(12-13)10-8-6-7-9-17-15(20)21-16(2,3)4/h5,13H,1,6-12H2,2-4H3,(H,17,20). The minimum Gasteiger partial charge on any atom is -0.444 e. The largest absolute Gasteiger partial charge is 0.444 e. The number of hydrogen-bond acceptors (Lipinski definition) is 3. The van der Waals surface area contributed by atoms with Crippen LogP contribution in [-0.4, -0.2) is 42.1 Å². The van der Waals surface area contributed by atoms with Crippen LogP contribution in [0.25, 0.3) is 0 Å². The summed E-state index contributed by atoms with van der Waals surface area (Å²) in [5.41, 5.74) is -0.456. The van der Waals surface area contributed by atoms with E-state index < -0.39 is 5.60 Å². The zero-order valence-electron chi connectivity index (χ0n) is 13.5. The number of carbonyl (C=O) groups excluding carboxylic acids is 2. The lowest BCUT2D eigenvalue weighted by molar-refractivity contribution is -0.127. The van der Waals surface area contributed by atoms with Gasteiger partial charge >= 0.3 is 6.09 Å². The van der Waals surface area contributed by atoms with Gasteiger partial charge in [0.15, 0.2) is 0 Å². The van der Waals surface area contributed by atoms with Gasteiger partial charge in [0.1, 0.15) is 5.60 Å². The van der Waals surface area contributed by atoms with Crippen LogP contribution in [0.5, 0.6) is 0 Å². The van der Waals surface area contributed by atoms with Crippen molar-refractivity contribution in [3.63, 3.8) is 0 Å². The fraction of sp³-hybridized carbons (Fsp3) is 0.750.